The second-order valence-electron chi connectivity index (χ2n) is 8.66. The van der Waals surface area contributed by atoms with E-state index in [1.807, 2.05) is 0 Å². The van der Waals surface area contributed by atoms with Crippen LogP contribution in [0.5, 0.6) is 5.75 Å². The van der Waals surface area contributed by atoms with Crippen molar-refractivity contribution in [3.8, 4) is 5.75 Å². The molecule has 5 nitrogen and oxygen atoms in total. The zero-order valence-corrected chi connectivity index (χ0v) is 21.7. The molecular formula is C26H18BrF7N2O3. The van der Waals surface area contributed by atoms with E-state index in [0.29, 0.717) is 17.7 Å². The van der Waals surface area contributed by atoms with Crippen LogP contribution in [-0.4, -0.2) is 31.3 Å². The van der Waals surface area contributed by atoms with E-state index >= 15 is 0 Å². The van der Waals surface area contributed by atoms with Crippen molar-refractivity contribution < 1.29 is 45.1 Å². The number of ether oxygens (including phenoxy) is 1. The zero-order valence-electron chi connectivity index (χ0n) is 20.1. The molecule has 1 aliphatic rings. The van der Waals surface area contributed by atoms with Crippen molar-refractivity contribution in [2.45, 2.75) is 31.5 Å². The highest BCUT2D eigenvalue weighted by atomic mass is 79.9. The van der Waals surface area contributed by atoms with Crippen molar-refractivity contribution in [1.82, 2.24) is 0 Å². The Bertz CT molecular complexity index is 1430. The van der Waals surface area contributed by atoms with Crippen LogP contribution in [0.1, 0.15) is 37.4 Å². The van der Waals surface area contributed by atoms with Crippen LogP contribution in [0.25, 0.3) is 0 Å². The van der Waals surface area contributed by atoms with Crippen molar-refractivity contribution >= 4 is 39.1 Å². The smallest absolute Gasteiger partial charge is 0.435 e. The average molecular weight is 619 g/mol. The standard InChI is InChI=1S/C26H18BrF7N2O3/c1-13-10-15(24(28,25(29,30)31)26(32,33)34)11-18(27)20(13)35-22(37)17-8-5-9-19(21(17)39-2)36-12-14-6-3-4-7-16(14)23(36)38/h3-11H,12H2,1-2H3,(H,35,37). The minimum Gasteiger partial charge on any atom is -0.494 e. The Balaban J connectivity index is 1.69. The number of aryl methyl sites for hydroxylation is 1. The number of nitrogens with one attached hydrogen (secondary N) is 1. The number of carbonyl (C=O) groups excluding carboxylic acids is 2. The van der Waals surface area contributed by atoms with Crippen LogP contribution < -0.4 is 15.0 Å². The van der Waals surface area contributed by atoms with Gasteiger partial charge in [-0.05, 0) is 58.2 Å². The lowest BCUT2D eigenvalue weighted by Gasteiger charge is -2.31. The Morgan fingerprint density at radius 1 is 0.974 bits per heavy atom. The van der Waals surface area contributed by atoms with Gasteiger partial charge < -0.3 is 15.0 Å². The molecule has 0 aromatic heterocycles. The molecule has 0 spiro atoms. The van der Waals surface area contributed by atoms with Gasteiger partial charge in [-0.3, -0.25) is 9.59 Å². The Morgan fingerprint density at radius 3 is 2.18 bits per heavy atom. The highest BCUT2D eigenvalue weighted by Crippen LogP contribution is 2.54. The van der Waals surface area contributed by atoms with Crippen molar-refractivity contribution in [2.24, 2.45) is 0 Å². The summed E-state index contributed by atoms with van der Waals surface area (Å²) in [5, 5.41) is 2.42. The lowest BCUT2D eigenvalue weighted by Crippen LogP contribution is -2.50. The van der Waals surface area contributed by atoms with Crippen molar-refractivity contribution in [1.29, 1.82) is 0 Å². The van der Waals surface area contributed by atoms with E-state index in [1.54, 1.807) is 30.3 Å². The van der Waals surface area contributed by atoms with Crippen LogP contribution in [0, 0.1) is 6.92 Å². The van der Waals surface area contributed by atoms with E-state index in [2.05, 4.69) is 21.2 Å². The SMILES string of the molecule is COc1c(C(=O)Nc2c(C)cc(C(F)(C(F)(F)F)C(F)(F)F)cc2Br)cccc1N1Cc2ccccc2C1=O. The summed E-state index contributed by atoms with van der Waals surface area (Å²) in [5.74, 6) is -1.15. The molecule has 39 heavy (non-hydrogen) atoms. The van der Waals surface area contributed by atoms with E-state index < -0.39 is 34.0 Å². The van der Waals surface area contributed by atoms with Gasteiger partial charge in [0.15, 0.2) is 5.75 Å². The minimum atomic E-state index is -6.29. The second-order valence-corrected chi connectivity index (χ2v) is 9.52. The number of halogens is 8. The minimum absolute atomic E-state index is 0.0125. The van der Waals surface area contributed by atoms with Gasteiger partial charge in [-0.25, -0.2) is 4.39 Å². The second kappa shape index (κ2) is 9.85. The number of amides is 2. The average Bonchev–Trinajstić information content (AvgIpc) is 3.19. The van der Waals surface area contributed by atoms with Crippen LogP contribution in [0.4, 0.5) is 42.1 Å². The number of alkyl halides is 7. The third kappa shape index (κ3) is 4.72. The van der Waals surface area contributed by atoms with E-state index in [-0.39, 0.29) is 40.7 Å². The lowest BCUT2D eigenvalue weighted by molar-refractivity contribution is -0.348. The predicted molar refractivity (Wildman–Crippen MR) is 132 cm³/mol. The summed E-state index contributed by atoms with van der Waals surface area (Å²) in [6.45, 7) is 1.33. The lowest BCUT2D eigenvalue weighted by atomic mass is 9.92. The molecule has 3 aromatic rings. The van der Waals surface area contributed by atoms with Crippen LogP contribution in [0.15, 0.2) is 59.1 Å². The molecule has 0 saturated heterocycles. The number of fused-ring (bicyclic) bond motifs is 1. The van der Waals surface area contributed by atoms with E-state index in [4.69, 9.17) is 4.74 Å². The summed E-state index contributed by atoms with van der Waals surface area (Å²) in [6, 6.07) is 12.0. The first kappa shape index (κ1) is 28.4. The molecular weight excluding hydrogens is 601 g/mol. The highest BCUT2D eigenvalue weighted by molar-refractivity contribution is 9.10. The number of para-hydroxylation sites is 1. The zero-order chi connectivity index (χ0) is 28.9. The topological polar surface area (TPSA) is 58.6 Å². The van der Waals surface area contributed by atoms with Gasteiger partial charge in [0.1, 0.15) is 0 Å². The first-order valence-electron chi connectivity index (χ1n) is 11.1. The summed E-state index contributed by atoms with van der Waals surface area (Å²) < 4.78 is 98.9. The summed E-state index contributed by atoms with van der Waals surface area (Å²) in [5.41, 5.74) is -6.34. The molecule has 0 atom stereocenters. The number of hydrogen-bond acceptors (Lipinski definition) is 3. The number of methoxy groups -OCH3 is 1. The fourth-order valence-corrected chi connectivity index (χ4v) is 5.01. The van der Waals surface area contributed by atoms with Gasteiger partial charge in [-0.15, -0.1) is 0 Å². The van der Waals surface area contributed by atoms with Gasteiger partial charge >= 0.3 is 18.0 Å². The van der Waals surface area contributed by atoms with E-state index in [0.717, 1.165) is 12.5 Å². The Morgan fingerprint density at radius 2 is 1.62 bits per heavy atom. The molecule has 206 valence electrons. The largest absolute Gasteiger partial charge is 0.494 e. The molecule has 2 amide bonds. The number of carbonyl (C=O) groups is 2. The normalized spacial score (nSPS) is 13.9. The molecule has 1 heterocycles. The molecule has 13 heteroatoms. The predicted octanol–water partition coefficient (Wildman–Crippen LogP) is 7.47. The van der Waals surface area contributed by atoms with Crippen LogP contribution in [-0.2, 0) is 12.2 Å². The Hall–Kier alpha value is -3.61. The Labute approximate surface area is 225 Å². The van der Waals surface area contributed by atoms with Crippen LogP contribution >= 0.6 is 15.9 Å². The quantitative estimate of drug-likeness (QED) is 0.302. The molecule has 4 rings (SSSR count). The van der Waals surface area contributed by atoms with Gasteiger partial charge in [-0.1, -0.05) is 30.3 Å². The fourth-order valence-electron chi connectivity index (χ4n) is 4.35. The maximum absolute atomic E-state index is 14.6. The summed E-state index contributed by atoms with van der Waals surface area (Å²) in [4.78, 5) is 27.6. The fraction of sp³-hybridized carbons (Fsp3) is 0.231. The Kier molecular flexibility index (Phi) is 7.17. The van der Waals surface area contributed by atoms with Gasteiger partial charge in [0.05, 0.1) is 30.6 Å². The van der Waals surface area contributed by atoms with Crippen molar-refractivity contribution in [2.75, 3.05) is 17.3 Å². The summed E-state index contributed by atoms with van der Waals surface area (Å²) in [7, 11) is 1.27. The van der Waals surface area contributed by atoms with Gasteiger partial charge in [-0.2, -0.15) is 26.3 Å². The van der Waals surface area contributed by atoms with E-state index in [9.17, 15) is 40.3 Å². The maximum atomic E-state index is 14.6. The number of rotatable bonds is 5. The summed E-state index contributed by atoms with van der Waals surface area (Å²) >= 11 is 2.85. The van der Waals surface area contributed by atoms with Gasteiger partial charge in [0, 0.05) is 15.6 Å². The third-order valence-corrected chi connectivity index (χ3v) is 6.89. The number of anilines is 2. The molecule has 0 unspecified atom stereocenters. The van der Waals surface area contributed by atoms with E-state index in [1.165, 1.54) is 24.1 Å². The molecule has 0 saturated carbocycles. The van der Waals surface area contributed by atoms with Crippen molar-refractivity contribution in [3.05, 3.63) is 86.9 Å². The van der Waals surface area contributed by atoms with Gasteiger partial charge in [0.25, 0.3) is 11.8 Å². The monoisotopic (exact) mass is 618 g/mol. The van der Waals surface area contributed by atoms with Crippen molar-refractivity contribution in [3.63, 3.8) is 0 Å². The molecule has 0 fully saturated rings. The third-order valence-electron chi connectivity index (χ3n) is 6.26. The first-order valence-corrected chi connectivity index (χ1v) is 11.9. The van der Waals surface area contributed by atoms with Crippen LogP contribution in [0.3, 0.4) is 0 Å². The first-order chi connectivity index (χ1) is 18.1. The molecule has 1 N–H and O–H groups in total. The van der Waals surface area contributed by atoms with Gasteiger partial charge in [0.2, 0.25) is 0 Å². The highest BCUT2D eigenvalue weighted by Gasteiger charge is 2.73. The molecule has 0 radical (unpaired) electrons. The number of hydrogen-bond donors (Lipinski definition) is 1. The molecule has 1 aliphatic heterocycles. The van der Waals surface area contributed by atoms with Crippen LogP contribution in [0.2, 0.25) is 0 Å². The number of nitrogens with zero attached hydrogens (tertiary/aromatic N) is 1. The number of benzene rings is 3. The molecule has 0 aliphatic carbocycles. The summed E-state index contributed by atoms with van der Waals surface area (Å²) in [6.07, 6.45) is -12.6. The maximum Gasteiger partial charge on any atom is 0.435 e. The molecule has 3 aromatic carbocycles. The molecule has 0 bridgehead atoms.